The summed E-state index contributed by atoms with van der Waals surface area (Å²) in [5.74, 6) is 0.381. The van der Waals surface area contributed by atoms with Crippen molar-refractivity contribution in [2.75, 3.05) is 17.5 Å². The molecule has 3 rings (SSSR count). The zero-order valence-corrected chi connectivity index (χ0v) is 15.4. The molecule has 138 valence electrons. The molecule has 0 radical (unpaired) electrons. The van der Waals surface area contributed by atoms with Gasteiger partial charge < -0.3 is 10.1 Å². The van der Waals surface area contributed by atoms with E-state index in [1.807, 2.05) is 0 Å². The number of nitrogens with zero attached hydrogens (tertiary/aromatic N) is 1. The Labute approximate surface area is 153 Å². The molecule has 26 heavy (non-hydrogen) atoms. The van der Waals surface area contributed by atoms with E-state index in [2.05, 4.69) is 5.32 Å². The molecule has 0 atom stereocenters. The molecule has 0 saturated heterocycles. The summed E-state index contributed by atoms with van der Waals surface area (Å²) in [6.45, 7) is 2.05. The van der Waals surface area contributed by atoms with E-state index in [9.17, 15) is 13.2 Å². The highest BCUT2D eigenvalue weighted by Gasteiger charge is 2.24. The smallest absolute Gasteiger partial charge is 0.264 e. The summed E-state index contributed by atoms with van der Waals surface area (Å²) in [7, 11) is -3.62. The molecule has 0 heterocycles. The SMILES string of the molecule is CCN(c1ccc(OCC(=O)NC2CC2)cc1)S(=O)(=O)c1ccccc1. The number of sulfonamides is 1. The van der Waals surface area contributed by atoms with Crippen molar-refractivity contribution in [1.82, 2.24) is 5.32 Å². The Balaban J connectivity index is 1.68. The Morgan fingerprint density at radius 2 is 1.77 bits per heavy atom. The van der Waals surface area contributed by atoms with Crippen LogP contribution in [0.1, 0.15) is 19.8 Å². The van der Waals surface area contributed by atoms with E-state index in [0.717, 1.165) is 12.8 Å². The Morgan fingerprint density at radius 1 is 1.12 bits per heavy atom. The molecule has 1 aliphatic carbocycles. The summed E-state index contributed by atoms with van der Waals surface area (Å²) in [5, 5.41) is 2.85. The molecule has 0 bridgehead atoms. The van der Waals surface area contributed by atoms with Crippen LogP contribution in [0, 0.1) is 0 Å². The molecular formula is C19H22N2O4S. The lowest BCUT2D eigenvalue weighted by molar-refractivity contribution is -0.123. The van der Waals surface area contributed by atoms with Crippen molar-refractivity contribution < 1.29 is 17.9 Å². The normalized spacial score (nSPS) is 13.9. The van der Waals surface area contributed by atoms with Gasteiger partial charge in [0.2, 0.25) is 0 Å². The maximum absolute atomic E-state index is 12.8. The minimum Gasteiger partial charge on any atom is -0.484 e. The van der Waals surface area contributed by atoms with E-state index in [-0.39, 0.29) is 17.4 Å². The van der Waals surface area contributed by atoms with E-state index in [0.29, 0.717) is 24.0 Å². The molecule has 2 aromatic carbocycles. The van der Waals surface area contributed by atoms with Crippen molar-refractivity contribution in [2.45, 2.75) is 30.7 Å². The molecule has 1 saturated carbocycles. The minimum atomic E-state index is -3.62. The van der Waals surface area contributed by atoms with Gasteiger partial charge in [-0.05, 0) is 56.2 Å². The van der Waals surface area contributed by atoms with E-state index < -0.39 is 10.0 Å². The van der Waals surface area contributed by atoms with E-state index in [4.69, 9.17) is 4.74 Å². The van der Waals surface area contributed by atoms with Crippen LogP contribution in [0.5, 0.6) is 5.75 Å². The van der Waals surface area contributed by atoms with Crippen LogP contribution in [0.15, 0.2) is 59.5 Å². The lowest BCUT2D eigenvalue weighted by Gasteiger charge is -2.23. The molecular weight excluding hydrogens is 352 g/mol. The molecule has 0 unspecified atom stereocenters. The molecule has 1 aliphatic rings. The van der Waals surface area contributed by atoms with Gasteiger partial charge in [-0.25, -0.2) is 8.42 Å². The standard InChI is InChI=1S/C19H22N2O4S/c1-2-21(26(23,24)18-6-4-3-5-7-18)16-10-12-17(13-11-16)25-14-19(22)20-15-8-9-15/h3-7,10-13,15H,2,8-9,14H2,1H3,(H,20,22). The third-order valence-corrected chi connectivity index (χ3v) is 5.97. The first-order chi connectivity index (χ1) is 12.5. The van der Waals surface area contributed by atoms with E-state index >= 15 is 0 Å². The zero-order valence-electron chi connectivity index (χ0n) is 14.6. The van der Waals surface area contributed by atoms with Crippen molar-refractivity contribution in [2.24, 2.45) is 0 Å². The number of anilines is 1. The molecule has 1 fully saturated rings. The van der Waals surface area contributed by atoms with Gasteiger partial charge >= 0.3 is 0 Å². The highest BCUT2D eigenvalue weighted by atomic mass is 32.2. The Hall–Kier alpha value is -2.54. The van der Waals surface area contributed by atoms with Gasteiger partial charge in [-0.3, -0.25) is 9.10 Å². The predicted octanol–water partition coefficient (Wildman–Crippen LogP) is 2.56. The second kappa shape index (κ2) is 7.78. The first-order valence-corrected chi connectivity index (χ1v) is 10.0. The molecule has 0 spiro atoms. The number of carbonyl (C=O) groups excluding carboxylic acids is 1. The fourth-order valence-corrected chi connectivity index (χ4v) is 4.06. The molecule has 0 aromatic heterocycles. The molecule has 1 amide bonds. The van der Waals surface area contributed by atoms with Crippen LogP contribution in [0.25, 0.3) is 0 Å². The van der Waals surface area contributed by atoms with Crippen LogP contribution in [-0.2, 0) is 14.8 Å². The number of benzene rings is 2. The number of carbonyl (C=O) groups is 1. The van der Waals surface area contributed by atoms with Gasteiger partial charge in [-0.2, -0.15) is 0 Å². The summed E-state index contributed by atoms with van der Waals surface area (Å²) in [6, 6.07) is 15.3. The van der Waals surface area contributed by atoms with E-state index in [1.54, 1.807) is 61.5 Å². The van der Waals surface area contributed by atoms with E-state index in [1.165, 1.54) is 4.31 Å². The molecule has 1 N–H and O–H groups in total. The topological polar surface area (TPSA) is 75.7 Å². The number of hydrogen-bond donors (Lipinski definition) is 1. The lowest BCUT2D eigenvalue weighted by atomic mass is 10.3. The van der Waals surface area contributed by atoms with Gasteiger partial charge in [-0.1, -0.05) is 18.2 Å². The molecule has 7 heteroatoms. The fraction of sp³-hybridized carbons (Fsp3) is 0.316. The van der Waals surface area contributed by atoms with Gasteiger partial charge in [0.1, 0.15) is 5.75 Å². The number of ether oxygens (including phenoxy) is 1. The summed E-state index contributed by atoms with van der Waals surface area (Å²) in [5.41, 5.74) is 0.547. The number of rotatable bonds is 8. The average Bonchev–Trinajstić information content (AvgIpc) is 3.46. The van der Waals surface area contributed by atoms with Crippen molar-refractivity contribution >= 4 is 21.6 Å². The molecule has 6 nitrogen and oxygen atoms in total. The minimum absolute atomic E-state index is 0.0460. The van der Waals surface area contributed by atoms with Crippen LogP contribution in [0.4, 0.5) is 5.69 Å². The lowest BCUT2D eigenvalue weighted by Crippen LogP contribution is -2.31. The predicted molar refractivity (Wildman–Crippen MR) is 99.7 cm³/mol. The molecule has 2 aromatic rings. The summed E-state index contributed by atoms with van der Waals surface area (Å²) >= 11 is 0. The average molecular weight is 374 g/mol. The number of nitrogens with one attached hydrogen (secondary N) is 1. The van der Waals surface area contributed by atoms with Gasteiger partial charge in [0.25, 0.3) is 15.9 Å². The van der Waals surface area contributed by atoms with Gasteiger partial charge in [-0.15, -0.1) is 0 Å². The zero-order chi connectivity index (χ0) is 18.6. The maximum Gasteiger partial charge on any atom is 0.264 e. The highest BCUT2D eigenvalue weighted by molar-refractivity contribution is 7.92. The maximum atomic E-state index is 12.8. The first kappa shape index (κ1) is 18.3. The number of hydrogen-bond acceptors (Lipinski definition) is 4. The number of amides is 1. The fourth-order valence-electron chi connectivity index (χ4n) is 2.57. The third kappa shape index (κ3) is 4.35. The second-order valence-electron chi connectivity index (χ2n) is 6.11. The monoisotopic (exact) mass is 374 g/mol. The largest absolute Gasteiger partial charge is 0.484 e. The Kier molecular flexibility index (Phi) is 5.46. The van der Waals surface area contributed by atoms with Crippen molar-refractivity contribution in [1.29, 1.82) is 0 Å². The van der Waals surface area contributed by atoms with Crippen molar-refractivity contribution in [3.63, 3.8) is 0 Å². The third-order valence-electron chi connectivity index (χ3n) is 4.06. The highest BCUT2D eigenvalue weighted by Crippen LogP contribution is 2.25. The molecule has 0 aliphatic heterocycles. The summed E-state index contributed by atoms with van der Waals surface area (Å²) < 4.78 is 32.4. The summed E-state index contributed by atoms with van der Waals surface area (Å²) in [6.07, 6.45) is 2.06. The van der Waals surface area contributed by atoms with Crippen LogP contribution < -0.4 is 14.4 Å². The van der Waals surface area contributed by atoms with Crippen LogP contribution >= 0.6 is 0 Å². The first-order valence-electron chi connectivity index (χ1n) is 8.60. The van der Waals surface area contributed by atoms with Gasteiger partial charge in [0, 0.05) is 12.6 Å². The second-order valence-corrected chi connectivity index (χ2v) is 7.97. The van der Waals surface area contributed by atoms with Gasteiger partial charge in [0.05, 0.1) is 10.6 Å². The Morgan fingerprint density at radius 3 is 2.35 bits per heavy atom. The quantitative estimate of drug-likeness (QED) is 0.770. The van der Waals surface area contributed by atoms with Crippen molar-refractivity contribution in [3.8, 4) is 5.75 Å². The Bertz CT molecular complexity index is 847. The van der Waals surface area contributed by atoms with Crippen LogP contribution in [0.2, 0.25) is 0 Å². The van der Waals surface area contributed by atoms with Gasteiger partial charge in [0.15, 0.2) is 6.61 Å². The summed E-state index contributed by atoms with van der Waals surface area (Å²) in [4.78, 5) is 11.9. The van der Waals surface area contributed by atoms with Crippen molar-refractivity contribution in [3.05, 3.63) is 54.6 Å². The van der Waals surface area contributed by atoms with Crippen LogP contribution in [0.3, 0.4) is 0 Å². The van der Waals surface area contributed by atoms with Crippen LogP contribution in [-0.4, -0.2) is 33.5 Å².